The first-order valence-electron chi connectivity index (χ1n) is 6.74. The average molecular weight is 286 g/mol. The fourth-order valence-corrected chi connectivity index (χ4v) is 2.01. The molecule has 1 heterocycles. The Kier molecular flexibility index (Phi) is 4.77. The molecule has 0 aliphatic rings. The Labute approximate surface area is 123 Å². The average Bonchev–Trinajstić information content (AvgIpc) is 2.46. The molecule has 0 saturated carbocycles. The summed E-state index contributed by atoms with van der Waals surface area (Å²) in [7, 11) is 0. The summed E-state index contributed by atoms with van der Waals surface area (Å²) >= 11 is 0. The molecule has 0 atom stereocenters. The van der Waals surface area contributed by atoms with E-state index in [1.54, 1.807) is 12.1 Å². The summed E-state index contributed by atoms with van der Waals surface area (Å²) in [5.74, 6) is -0.641. The number of nitrogens with one attached hydrogen (secondary N) is 1. The first-order chi connectivity index (χ1) is 10.0. The molecule has 1 aromatic heterocycles. The zero-order valence-corrected chi connectivity index (χ0v) is 11.8. The highest BCUT2D eigenvalue weighted by molar-refractivity contribution is 5.67. The number of aromatic nitrogens is 1. The molecule has 0 unspecified atom stereocenters. The number of carboxylic acids is 1. The van der Waals surface area contributed by atoms with E-state index in [9.17, 15) is 9.90 Å². The summed E-state index contributed by atoms with van der Waals surface area (Å²) in [6, 6.07) is 11.0. The molecular formula is C16H18N2O3. The summed E-state index contributed by atoms with van der Waals surface area (Å²) in [5.41, 5.74) is 3.27. The first kappa shape index (κ1) is 14.8. The molecule has 2 aromatic rings. The van der Waals surface area contributed by atoms with Gasteiger partial charge in [0.25, 0.3) is 0 Å². The maximum atomic E-state index is 10.6. The Morgan fingerprint density at radius 2 is 2.10 bits per heavy atom. The number of nitrogens with zero attached hydrogens (tertiary/aromatic N) is 1. The van der Waals surface area contributed by atoms with Crippen LogP contribution in [0, 0.1) is 6.92 Å². The van der Waals surface area contributed by atoms with Gasteiger partial charge in [0.1, 0.15) is 11.4 Å². The minimum absolute atomic E-state index is 0.115. The van der Waals surface area contributed by atoms with Crippen molar-refractivity contribution in [2.75, 3.05) is 5.32 Å². The van der Waals surface area contributed by atoms with Crippen LogP contribution in [0.3, 0.4) is 0 Å². The molecule has 3 N–H and O–H groups in total. The summed E-state index contributed by atoms with van der Waals surface area (Å²) in [6.45, 7) is 2.28. The molecule has 5 nitrogen and oxygen atoms in total. The van der Waals surface area contributed by atoms with Gasteiger partial charge in [-0.2, -0.15) is 0 Å². The van der Waals surface area contributed by atoms with Crippen LogP contribution in [0.15, 0.2) is 36.4 Å². The van der Waals surface area contributed by atoms with Gasteiger partial charge in [0, 0.05) is 17.8 Å². The minimum Gasteiger partial charge on any atom is -0.506 e. The lowest BCUT2D eigenvalue weighted by Gasteiger charge is -2.09. The smallest absolute Gasteiger partial charge is 0.303 e. The summed E-state index contributed by atoms with van der Waals surface area (Å²) in [5, 5.41) is 21.6. The monoisotopic (exact) mass is 286 g/mol. The summed E-state index contributed by atoms with van der Waals surface area (Å²) < 4.78 is 0. The Hall–Kier alpha value is -2.56. The number of carboxylic acid groups (broad SMARTS) is 1. The number of anilines is 1. The van der Waals surface area contributed by atoms with Crippen LogP contribution in [0.25, 0.3) is 0 Å². The second-order valence-corrected chi connectivity index (χ2v) is 4.87. The van der Waals surface area contributed by atoms with Gasteiger partial charge < -0.3 is 15.5 Å². The summed E-state index contributed by atoms with van der Waals surface area (Å²) in [6.07, 6.45) is 0.614. The van der Waals surface area contributed by atoms with Gasteiger partial charge in [-0.15, -0.1) is 0 Å². The van der Waals surface area contributed by atoms with Crippen LogP contribution in [0.4, 0.5) is 5.69 Å². The second kappa shape index (κ2) is 6.74. The molecule has 1 aromatic carbocycles. The van der Waals surface area contributed by atoms with Gasteiger partial charge in [-0.25, -0.2) is 0 Å². The van der Waals surface area contributed by atoms with Crippen LogP contribution < -0.4 is 5.32 Å². The Balaban J connectivity index is 2.01. The topological polar surface area (TPSA) is 82.5 Å². The molecule has 0 saturated heterocycles. The standard InChI is InChI=1S/C16H18N2O3/c1-11-5-7-15(19)14(18-11)10-17-13-4-2-3-12(9-13)6-8-16(20)21/h2-5,7,9,17,19H,6,8,10H2,1H3,(H,20,21). The molecule has 21 heavy (non-hydrogen) atoms. The van der Waals surface area contributed by atoms with Gasteiger partial charge in [0.2, 0.25) is 0 Å². The fourth-order valence-electron chi connectivity index (χ4n) is 2.01. The van der Waals surface area contributed by atoms with E-state index in [1.807, 2.05) is 31.2 Å². The highest BCUT2D eigenvalue weighted by Crippen LogP contribution is 2.18. The predicted octanol–water partition coefficient (Wildman–Crippen LogP) is 2.72. The number of pyridine rings is 1. The third-order valence-corrected chi connectivity index (χ3v) is 3.10. The normalized spacial score (nSPS) is 10.3. The number of benzene rings is 1. The van der Waals surface area contributed by atoms with Crippen molar-refractivity contribution in [3.63, 3.8) is 0 Å². The van der Waals surface area contributed by atoms with Crippen LogP contribution in [-0.2, 0) is 17.8 Å². The maximum absolute atomic E-state index is 10.6. The minimum atomic E-state index is -0.803. The third kappa shape index (κ3) is 4.49. The van der Waals surface area contributed by atoms with Crippen molar-refractivity contribution in [2.45, 2.75) is 26.3 Å². The molecule has 0 aliphatic carbocycles. The first-order valence-corrected chi connectivity index (χ1v) is 6.74. The van der Waals surface area contributed by atoms with E-state index >= 15 is 0 Å². The van der Waals surface area contributed by atoms with Crippen LogP contribution in [-0.4, -0.2) is 21.2 Å². The van der Waals surface area contributed by atoms with E-state index in [4.69, 9.17) is 5.11 Å². The fraction of sp³-hybridized carbons (Fsp3) is 0.250. The van der Waals surface area contributed by atoms with Crippen molar-refractivity contribution in [3.05, 3.63) is 53.3 Å². The molecule has 0 amide bonds. The van der Waals surface area contributed by atoms with Gasteiger partial charge in [-0.1, -0.05) is 12.1 Å². The van der Waals surface area contributed by atoms with Crippen molar-refractivity contribution in [2.24, 2.45) is 0 Å². The van der Waals surface area contributed by atoms with Gasteiger partial charge in [0.15, 0.2) is 0 Å². The molecule has 0 fully saturated rings. The number of rotatable bonds is 6. The van der Waals surface area contributed by atoms with Crippen molar-refractivity contribution < 1.29 is 15.0 Å². The van der Waals surface area contributed by atoms with E-state index in [-0.39, 0.29) is 12.2 Å². The van der Waals surface area contributed by atoms with E-state index in [0.717, 1.165) is 16.9 Å². The number of hydrogen-bond donors (Lipinski definition) is 3. The van der Waals surface area contributed by atoms with Crippen molar-refractivity contribution in [3.8, 4) is 5.75 Å². The van der Waals surface area contributed by atoms with Crippen LogP contribution in [0.5, 0.6) is 5.75 Å². The number of aromatic hydroxyl groups is 1. The number of hydrogen-bond acceptors (Lipinski definition) is 4. The lowest BCUT2D eigenvalue weighted by Crippen LogP contribution is -2.03. The van der Waals surface area contributed by atoms with Crippen LogP contribution >= 0.6 is 0 Å². The molecule has 0 aliphatic heterocycles. The molecule has 0 bridgehead atoms. The molecular weight excluding hydrogens is 268 g/mol. The molecule has 110 valence electrons. The van der Waals surface area contributed by atoms with E-state index in [0.29, 0.717) is 18.7 Å². The highest BCUT2D eigenvalue weighted by Gasteiger charge is 2.04. The van der Waals surface area contributed by atoms with E-state index in [2.05, 4.69) is 10.3 Å². The SMILES string of the molecule is Cc1ccc(O)c(CNc2cccc(CCC(=O)O)c2)n1. The quantitative estimate of drug-likeness (QED) is 0.760. The lowest BCUT2D eigenvalue weighted by atomic mass is 10.1. The number of aliphatic carboxylic acids is 1. The molecule has 2 rings (SSSR count). The van der Waals surface area contributed by atoms with E-state index in [1.165, 1.54) is 0 Å². The Bertz CT molecular complexity index is 641. The van der Waals surface area contributed by atoms with E-state index < -0.39 is 5.97 Å². The second-order valence-electron chi connectivity index (χ2n) is 4.87. The van der Waals surface area contributed by atoms with Crippen molar-refractivity contribution in [1.82, 2.24) is 4.98 Å². The van der Waals surface area contributed by atoms with Gasteiger partial charge in [-0.05, 0) is 43.2 Å². The zero-order valence-electron chi connectivity index (χ0n) is 11.8. The summed E-state index contributed by atoms with van der Waals surface area (Å²) in [4.78, 5) is 14.9. The Morgan fingerprint density at radius 3 is 2.86 bits per heavy atom. The zero-order chi connectivity index (χ0) is 15.2. The van der Waals surface area contributed by atoms with Gasteiger partial charge in [-0.3, -0.25) is 9.78 Å². The predicted molar refractivity (Wildman–Crippen MR) is 80.4 cm³/mol. The van der Waals surface area contributed by atoms with Crippen molar-refractivity contribution in [1.29, 1.82) is 0 Å². The Morgan fingerprint density at radius 1 is 1.29 bits per heavy atom. The third-order valence-electron chi connectivity index (χ3n) is 3.10. The van der Waals surface area contributed by atoms with Crippen molar-refractivity contribution >= 4 is 11.7 Å². The van der Waals surface area contributed by atoms with Gasteiger partial charge >= 0.3 is 5.97 Å². The number of aryl methyl sites for hydroxylation is 2. The molecule has 5 heteroatoms. The maximum Gasteiger partial charge on any atom is 0.303 e. The largest absolute Gasteiger partial charge is 0.506 e. The molecule has 0 radical (unpaired) electrons. The number of carbonyl (C=O) groups is 1. The lowest BCUT2D eigenvalue weighted by molar-refractivity contribution is -0.136. The van der Waals surface area contributed by atoms with Gasteiger partial charge in [0.05, 0.1) is 6.54 Å². The van der Waals surface area contributed by atoms with Crippen LogP contribution in [0.1, 0.15) is 23.4 Å². The van der Waals surface area contributed by atoms with Crippen LogP contribution in [0.2, 0.25) is 0 Å². The molecule has 0 spiro atoms. The highest BCUT2D eigenvalue weighted by atomic mass is 16.4.